The first-order valence-electron chi connectivity index (χ1n) is 6.56. The van der Waals surface area contributed by atoms with Gasteiger partial charge < -0.3 is 5.73 Å². The highest BCUT2D eigenvalue weighted by molar-refractivity contribution is 7.99. The van der Waals surface area contributed by atoms with Crippen molar-refractivity contribution in [2.75, 3.05) is 5.75 Å². The third-order valence-electron chi connectivity index (χ3n) is 3.43. The molecule has 0 amide bonds. The minimum Gasteiger partial charge on any atom is -0.389 e. The molecule has 0 spiro atoms. The highest BCUT2D eigenvalue weighted by Gasteiger charge is 2.16. The van der Waals surface area contributed by atoms with E-state index in [-0.39, 0.29) is 0 Å². The van der Waals surface area contributed by atoms with Crippen LogP contribution in [0.5, 0.6) is 0 Å². The molecule has 0 radical (unpaired) electrons. The van der Waals surface area contributed by atoms with Crippen molar-refractivity contribution in [3.05, 3.63) is 40.7 Å². The van der Waals surface area contributed by atoms with Crippen LogP contribution in [0.2, 0.25) is 0 Å². The van der Waals surface area contributed by atoms with Crippen LogP contribution in [0, 0.1) is 20.8 Å². The summed E-state index contributed by atoms with van der Waals surface area (Å²) in [5.74, 6) is 0.981. The molecule has 5 heteroatoms. The molecule has 0 saturated carbocycles. The molecular weight excluding hydrogens is 286 g/mol. The van der Waals surface area contributed by atoms with Crippen molar-refractivity contribution in [1.82, 2.24) is 9.78 Å². The van der Waals surface area contributed by atoms with Gasteiger partial charge in [-0.3, -0.25) is 0 Å². The monoisotopic (exact) mass is 305 g/mol. The van der Waals surface area contributed by atoms with E-state index in [1.165, 1.54) is 5.56 Å². The lowest BCUT2D eigenvalue weighted by Gasteiger charge is -2.14. The van der Waals surface area contributed by atoms with Crippen molar-refractivity contribution in [1.29, 1.82) is 0 Å². The van der Waals surface area contributed by atoms with Crippen LogP contribution < -0.4 is 5.73 Å². The second-order valence-corrected chi connectivity index (χ2v) is 6.40. The molecule has 2 aromatic rings. The van der Waals surface area contributed by atoms with Crippen molar-refractivity contribution in [2.45, 2.75) is 32.6 Å². The van der Waals surface area contributed by atoms with Crippen molar-refractivity contribution in [3.8, 4) is 5.69 Å². The number of aryl methyl sites for hydroxylation is 1. The van der Waals surface area contributed by atoms with Gasteiger partial charge in [0.15, 0.2) is 0 Å². The molecule has 0 atom stereocenters. The summed E-state index contributed by atoms with van der Waals surface area (Å²) >= 11 is 7.00. The summed E-state index contributed by atoms with van der Waals surface area (Å²) < 4.78 is 1.94. The van der Waals surface area contributed by atoms with Crippen LogP contribution in [-0.4, -0.2) is 20.5 Å². The van der Waals surface area contributed by atoms with Crippen molar-refractivity contribution < 1.29 is 0 Å². The molecule has 2 N–H and O–H groups in total. The van der Waals surface area contributed by atoms with Crippen molar-refractivity contribution in [3.63, 3.8) is 0 Å². The van der Waals surface area contributed by atoms with E-state index in [1.807, 2.05) is 23.7 Å². The number of hydrogen-bond donors (Lipinski definition) is 1. The van der Waals surface area contributed by atoms with Gasteiger partial charge in [-0.1, -0.05) is 25.2 Å². The number of thioether (sulfide) groups is 1. The topological polar surface area (TPSA) is 43.8 Å². The van der Waals surface area contributed by atoms with Gasteiger partial charge in [-0.2, -0.15) is 5.10 Å². The third-order valence-corrected chi connectivity index (χ3v) is 4.58. The summed E-state index contributed by atoms with van der Waals surface area (Å²) in [7, 11) is 0. The molecule has 1 heterocycles. The summed E-state index contributed by atoms with van der Waals surface area (Å²) in [6.07, 6.45) is 0. The molecule has 20 heavy (non-hydrogen) atoms. The second kappa shape index (κ2) is 5.97. The van der Waals surface area contributed by atoms with Gasteiger partial charge in [-0.15, -0.1) is 11.8 Å². The first kappa shape index (κ1) is 15.1. The Kier molecular flexibility index (Phi) is 4.50. The van der Waals surface area contributed by atoms with E-state index < -0.39 is 0 Å². The molecule has 1 aromatic heterocycles. The van der Waals surface area contributed by atoms with Crippen LogP contribution in [0.3, 0.4) is 0 Å². The predicted molar refractivity (Wildman–Crippen MR) is 90.1 cm³/mol. The molecule has 0 bridgehead atoms. The molecule has 2 rings (SSSR count). The number of benzene rings is 1. The van der Waals surface area contributed by atoms with E-state index in [0.717, 1.165) is 33.3 Å². The fourth-order valence-electron chi connectivity index (χ4n) is 2.17. The Morgan fingerprint density at radius 2 is 2.05 bits per heavy atom. The zero-order valence-corrected chi connectivity index (χ0v) is 13.9. The molecule has 106 valence electrons. The van der Waals surface area contributed by atoms with Gasteiger partial charge in [0, 0.05) is 16.2 Å². The van der Waals surface area contributed by atoms with Crippen LogP contribution in [0.1, 0.15) is 29.4 Å². The quantitative estimate of drug-likeness (QED) is 0.693. The van der Waals surface area contributed by atoms with Gasteiger partial charge >= 0.3 is 0 Å². The summed E-state index contributed by atoms with van der Waals surface area (Å²) in [5, 5.41) is 4.62. The Labute approximate surface area is 129 Å². The van der Waals surface area contributed by atoms with Gasteiger partial charge in [-0.25, -0.2) is 4.68 Å². The van der Waals surface area contributed by atoms with Crippen LogP contribution in [-0.2, 0) is 0 Å². The molecule has 0 fully saturated rings. The van der Waals surface area contributed by atoms with Crippen molar-refractivity contribution in [2.24, 2.45) is 5.73 Å². The average molecular weight is 305 g/mol. The lowest BCUT2D eigenvalue weighted by molar-refractivity contribution is 0.828. The van der Waals surface area contributed by atoms with Crippen LogP contribution >= 0.6 is 24.0 Å². The van der Waals surface area contributed by atoms with E-state index in [0.29, 0.717) is 4.99 Å². The smallest absolute Gasteiger partial charge is 0.107 e. The molecule has 0 aliphatic rings. The standard InChI is InChI=1S/C15H19N3S2/c1-5-20-13-8-6-7-12(14(13)15(16)19)18-11(4)9(2)10(3)17-18/h6-8H,5H2,1-4H3,(H2,16,19). The van der Waals surface area contributed by atoms with E-state index in [9.17, 15) is 0 Å². The molecular formula is C15H19N3S2. The number of nitrogens with two attached hydrogens (primary N) is 1. The molecule has 0 saturated heterocycles. The SMILES string of the molecule is CCSc1cccc(-n2nc(C)c(C)c2C)c1C(N)=S. The minimum atomic E-state index is 0.418. The summed E-state index contributed by atoms with van der Waals surface area (Å²) in [5.41, 5.74) is 11.2. The molecule has 0 aliphatic heterocycles. The predicted octanol–water partition coefficient (Wildman–Crippen LogP) is 3.54. The molecule has 0 aliphatic carbocycles. The Morgan fingerprint density at radius 3 is 2.55 bits per heavy atom. The maximum Gasteiger partial charge on any atom is 0.107 e. The van der Waals surface area contributed by atoms with Gasteiger partial charge in [-0.05, 0) is 44.2 Å². The average Bonchev–Trinajstić information content (AvgIpc) is 2.66. The molecule has 3 nitrogen and oxygen atoms in total. The van der Waals surface area contributed by atoms with E-state index in [2.05, 4.69) is 31.9 Å². The fraction of sp³-hybridized carbons (Fsp3) is 0.333. The second-order valence-electron chi connectivity index (χ2n) is 4.66. The number of rotatable bonds is 4. The maximum atomic E-state index is 5.95. The summed E-state index contributed by atoms with van der Waals surface area (Å²) in [6, 6.07) is 6.11. The van der Waals surface area contributed by atoms with Crippen LogP contribution in [0.25, 0.3) is 5.69 Å². The molecule has 0 unspecified atom stereocenters. The number of aromatic nitrogens is 2. The van der Waals surface area contributed by atoms with Gasteiger partial charge in [0.2, 0.25) is 0 Å². The van der Waals surface area contributed by atoms with Gasteiger partial charge in [0.1, 0.15) is 4.99 Å². The summed E-state index contributed by atoms with van der Waals surface area (Å²) in [6.45, 7) is 8.29. The summed E-state index contributed by atoms with van der Waals surface area (Å²) in [4.78, 5) is 1.53. The first-order chi connectivity index (χ1) is 9.47. The highest BCUT2D eigenvalue weighted by Crippen LogP contribution is 2.29. The maximum absolute atomic E-state index is 5.95. The Morgan fingerprint density at radius 1 is 1.35 bits per heavy atom. The highest BCUT2D eigenvalue weighted by atomic mass is 32.2. The number of nitrogens with zero attached hydrogens (tertiary/aromatic N) is 2. The van der Waals surface area contributed by atoms with Crippen LogP contribution in [0.15, 0.2) is 23.1 Å². The van der Waals surface area contributed by atoms with Crippen LogP contribution in [0.4, 0.5) is 0 Å². The van der Waals surface area contributed by atoms with E-state index in [4.69, 9.17) is 18.0 Å². The Bertz CT molecular complexity index is 659. The minimum absolute atomic E-state index is 0.418. The Balaban J connectivity index is 2.70. The Hall–Kier alpha value is -1.33. The first-order valence-corrected chi connectivity index (χ1v) is 7.95. The largest absolute Gasteiger partial charge is 0.389 e. The van der Waals surface area contributed by atoms with Gasteiger partial charge in [0.05, 0.1) is 11.4 Å². The fourth-order valence-corrected chi connectivity index (χ4v) is 3.30. The molecule has 1 aromatic carbocycles. The zero-order chi connectivity index (χ0) is 14.9. The lowest BCUT2D eigenvalue weighted by atomic mass is 10.1. The van der Waals surface area contributed by atoms with E-state index in [1.54, 1.807) is 11.8 Å². The van der Waals surface area contributed by atoms with Gasteiger partial charge in [0.25, 0.3) is 0 Å². The number of thiocarbonyl (C=S) groups is 1. The van der Waals surface area contributed by atoms with E-state index >= 15 is 0 Å². The number of hydrogen-bond acceptors (Lipinski definition) is 3. The van der Waals surface area contributed by atoms with Crippen molar-refractivity contribution >= 4 is 29.0 Å². The lowest BCUT2D eigenvalue weighted by Crippen LogP contribution is -2.16. The third kappa shape index (κ3) is 2.60. The normalized spacial score (nSPS) is 10.8. The zero-order valence-electron chi connectivity index (χ0n) is 12.2.